The van der Waals surface area contributed by atoms with Gasteiger partial charge in [0, 0.05) is 6.07 Å². The topological polar surface area (TPSA) is 106 Å². The third-order valence-corrected chi connectivity index (χ3v) is 2.42. The van der Waals surface area contributed by atoms with Gasteiger partial charge in [-0.2, -0.15) is 0 Å². The molecule has 98 valence electrons. The van der Waals surface area contributed by atoms with Crippen molar-refractivity contribution >= 4 is 17.3 Å². The molecule has 1 amide bonds. The first-order chi connectivity index (χ1) is 8.99. The second kappa shape index (κ2) is 4.81. The Hall–Kier alpha value is -2.83. The van der Waals surface area contributed by atoms with Gasteiger partial charge in [0.05, 0.1) is 4.92 Å². The number of phenolic OH excluding ortho intramolecular Hbond substituents is 1. The fourth-order valence-electron chi connectivity index (χ4n) is 1.54. The van der Waals surface area contributed by atoms with Crippen LogP contribution in [-0.4, -0.2) is 15.9 Å². The van der Waals surface area contributed by atoms with Crippen LogP contribution in [-0.2, 0) is 0 Å². The van der Waals surface area contributed by atoms with Crippen LogP contribution in [0.3, 0.4) is 0 Å². The molecule has 2 N–H and O–H groups in total. The maximum atomic E-state index is 11.8. The monoisotopic (exact) mass is 262 g/mol. The lowest BCUT2D eigenvalue weighted by Crippen LogP contribution is -2.12. The molecular formula is C12H10N2O5. The van der Waals surface area contributed by atoms with E-state index >= 15 is 0 Å². The Bertz CT molecular complexity index is 647. The van der Waals surface area contributed by atoms with Crippen LogP contribution >= 0.6 is 0 Å². The normalized spacial score (nSPS) is 10.2. The molecule has 2 rings (SSSR count). The Morgan fingerprint density at radius 2 is 2.11 bits per heavy atom. The highest BCUT2D eigenvalue weighted by atomic mass is 16.6. The number of nitrogens with one attached hydrogen (secondary N) is 1. The van der Waals surface area contributed by atoms with E-state index in [0.717, 1.165) is 0 Å². The van der Waals surface area contributed by atoms with Gasteiger partial charge in [-0.1, -0.05) is 6.07 Å². The number of carbonyl (C=O) groups is 1. The molecule has 0 atom stereocenters. The molecular weight excluding hydrogens is 252 g/mol. The predicted molar refractivity (Wildman–Crippen MR) is 66.2 cm³/mol. The van der Waals surface area contributed by atoms with E-state index in [2.05, 4.69) is 5.32 Å². The lowest BCUT2D eigenvalue weighted by molar-refractivity contribution is -0.384. The Balaban J connectivity index is 2.33. The van der Waals surface area contributed by atoms with Gasteiger partial charge in [0.25, 0.3) is 11.6 Å². The number of nitro benzene ring substituents is 1. The van der Waals surface area contributed by atoms with Crippen LogP contribution in [0, 0.1) is 17.0 Å². The van der Waals surface area contributed by atoms with Crippen LogP contribution in [0.2, 0.25) is 0 Å². The number of phenols is 1. The number of rotatable bonds is 3. The number of aromatic hydroxyl groups is 1. The molecule has 1 aromatic heterocycles. The van der Waals surface area contributed by atoms with Crippen LogP contribution in [0.1, 0.15) is 16.3 Å². The predicted octanol–water partition coefficient (Wildman–Crippen LogP) is 2.45. The molecule has 0 saturated carbocycles. The van der Waals surface area contributed by atoms with E-state index < -0.39 is 16.5 Å². The zero-order valence-corrected chi connectivity index (χ0v) is 9.91. The number of hydrogen-bond acceptors (Lipinski definition) is 5. The summed E-state index contributed by atoms with van der Waals surface area (Å²) in [6.45, 7) is 1.67. The molecule has 0 aliphatic heterocycles. The third kappa shape index (κ3) is 2.54. The smallest absolute Gasteiger partial charge is 0.296 e. The van der Waals surface area contributed by atoms with E-state index in [1.807, 2.05) is 0 Å². The maximum absolute atomic E-state index is 11.8. The Morgan fingerprint density at radius 3 is 2.68 bits per heavy atom. The van der Waals surface area contributed by atoms with Gasteiger partial charge in [-0.15, -0.1) is 0 Å². The van der Waals surface area contributed by atoms with Gasteiger partial charge in [-0.3, -0.25) is 14.9 Å². The number of benzene rings is 1. The molecule has 0 spiro atoms. The number of aryl methyl sites for hydroxylation is 1. The summed E-state index contributed by atoms with van der Waals surface area (Å²) in [7, 11) is 0. The second-order valence-corrected chi connectivity index (χ2v) is 3.79. The van der Waals surface area contributed by atoms with Crippen LogP contribution in [0.25, 0.3) is 0 Å². The molecule has 0 saturated heterocycles. The van der Waals surface area contributed by atoms with E-state index in [9.17, 15) is 20.0 Å². The number of hydrogen-bond donors (Lipinski definition) is 2. The van der Waals surface area contributed by atoms with Crippen LogP contribution in [0.15, 0.2) is 34.7 Å². The number of furan rings is 1. The van der Waals surface area contributed by atoms with Crippen molar-refractivity contribution in [2.75, 3.05) is 5.32 Å². The summed E-state index contributed by atoms with van der Waals surface area (Å²) >= 11 is 0. The zero-order chi connectivity index (χ0) is 14.0. The average Bonchev–Trinajstić information content (AvgIpc) is 2.78. The first-order valence-corrected chi connectivity index (χ1v) is 5.33. The Labute approximate surface area is 107 Å². The fraction of sp³-hybridized carbons (Fsp3) is 0.0833. The highest BCUT2D eigenvalue weighted by molar-refractivity contribution is 6.04. The summed E-state index contributed by atoms with van der Waals surface area (Å²) < 4.78 is 5.09. The first-order valence-electron chi connectivity index (χ1n) is 5.33. The minimum absolute atomic E-state index is 0.00931. The lowest BCUT2D eigenvalue weighted by Gasteiger charge is -2.06. The summed E-state index contributed by atoms with van der Waals surface area (Å²) in [6, 6.07) is 6.78. The minimum Gasteiger partial charge on any atom is -0.505 e. The number of nitrogens with zero attached hydrogens (tertiary/aromatic N) is 1. The van der Waals surface area contributed by atoms with Crippen molar-refractivity contribution in [2.24, 2.45) is 0 Å². The van der Waals surface area contributed by atoms with Crippen LogP contribution < -0.4 is 5.32 Å². The van der Waals surface area contributed by atoms with E-state index in [-0.39, 0.29) is 17.2 Å². The van der Waals surface area contributed by atoms with Gasteiger partial charge < -0.3 is 14.8 Å². The molecule has 1 aromatic carbocycles. The Morgan fingerprint density at radius 1 is 1.37 bits per heavy atom. The fourth-order valence-corrected chi connectivity index (χ4v) is 1.54. The summed E-state index contributed by atoms with van der Waals surface area (Å²) in [5, 5.41) is 22.7. The molecule has 7 nitrogen and oxygen atoms in total. The molecule has 0 bridgehead atoms. The molecule has 0 radical (unpaired) electrons. The molecule has 0 aliphatic carbocycles. The van der Waals surface area contributed by atoms with Gasteiger partial charge in [-0.05, 0) is 25.1 Å². The lowest BCUT2D eigenvalue weighted by atomic mass is 10.2. The number of amides is 1. The highest BCUT2D eigenvalue weighted by Crippen LogP contribution is 2.33. The standard InChI is InChI=1S/C12H10N2O5/c1-7-5-6-10(19-7)12(16)13-11-8(14(17)18)3-2-4-9(11)15/h2-6,15H,1H3,(H,13,16). The molecule has 0 unspecified atom stereocenters. The van der Waals surface area contributed by atoms with Crippen LogP contribution in [0.5, 0.6) is 5.75 Å². The van der Waals surface area contributed by atoms with E-state index in [1.54, 1.807) is 13.0 Å². The summed E-state index contributed by atoms with van der Waals surface area (Å²) in [4.78, 5) is 21.9. The minimum atomic E-state index is -0.692. The number of anilines is 1. The second-order valence-electron chi connectivity index (χ2n) is 3.79. The van der Waals surface area contributed by atoms with Crippen LogP contribution in [0.4, 0.5) is 11.4 Å². The van der Waals surface area contributed by atoms with Gasteiger partial charge in [0.2, 0.25) is 0 Å². The number of para-hydroxylation sites is 1. The molecule has 0 fully saturated rings. The highest BCUT2D eigenvalue weighted by Gasteiger charge is 2.21. The van der Waals surface area contributed by atoms with E-state index in [1.165, 1.54) is 24.3 Å². The van der Waals surface area contributed by atoms with Crippen molar-refractivity contribution in [1.29, 1.82) is 0 Å². The summed E-state index contributed by atoms with van der Waals surface area (Å²) in [5.74, 6) is -0.504. The van der Waals surface area contributed by atoms with Crippen molar-refractivity contribution in [3.8, 4) is 5.75 Å². The molecule has 2 aromatic rings. The van der Waals surface area contributed by atoms with Crippen molar-refractivity contribution in [2.45, 2.75) is 6.92 Å². The van der Waals surface area contributed by atoms with Gasteiger partial charge in [0.1, 0.15) is 11.5 Å². The maximum Gasteiger partial charge on any atom is 0.296 e. The molecule has 1 heterocycles. The number of carbonyl (C=O) groups excluding carboxylic acids is 1. The van der Waals surface area contributed by atoms with Crippen molar-refractivity contribution in [3.05, 3.63) is 52.0 Å². The van der Waals surface area contributed by atoms with Gasteiger partial charge >= 0.3 is 0 Å². The van der Waals surface area contributed by atoms with Crippen molar-refractivity contribution in [1.82, 2.24) is 0 Å². The largest absolute Gasteiger partial charge is 0.505 e. The molecule has 7 heteroatoms. The molecule has 19 heavy (non-hydrogen) atoms. The van der Waals surface area contributed by atoms with Crippen molar-refractivity contribution in [3.63, 3.8) is 0 Å². The van der Waals surface area contributed by atoms with E-state index in [4.69, 9.17) is 4.42 Å². The SMILES string of the molecule is Cc1ccc(C(=O)Nc2c(O)cccc2[N+](=O)[O-])o1. The third-order valence-electron chi connectivity index (χ3n) is 2.42. The van der Waals surface area contributed by atoms with Crippen molar-refractivity contribution < 1.29 is 19.2 Å². The van der Waals surface area contributed by atoms with Gasteiger partial charge in [-0.25, -0.2) is 0 Å². The molecule has 0 aliphatic rings. The quantitative estimate of drug-likeness (QED) is 0.502. The summed E-state index contributed by atoms with van der Waals surface area (Å²) in [6.07, 6.45) is 0. The first kappa shape index (κ1) is 12.6. The van der Waals surface area contributed by atoms with Gasteiger partial charge in [0.15, 0.2) is 11.4 Å². The Kier molecular flexibility index (Phi) is 3.19. The number of nitro groups is 1. The summed E-state index contributed by atoms with van der Waals surface area (Å²) in [5.41, 5.74) is -0.650. The zero-order valence-electron chi connectivity index (χ0n) is 9.91. The average molecular weight is 262 g/mol. The van der Waals surface area contributed by atoms with E-state index in [0.29, 0.717) is 5.76 Å².